The van der Waals surface area contributed by atoms with E-state index in [0.717, 1.165) is 5.69 Å². The van der Waals surface area contributed by atoms with Crippen LogP contribution in [0, 0.1) is 0 Å². The normalized spacial score (nSPS) is 12.0. The van der Waals surface area contributed by atoms with Crippen molar-refractivity contribution in [1.82, 2.24) is 20.1 Å². The maximum atomic E-state index is 12.2. The van der Waals surface area contributed by atoms with E-state index in [1.165, 1.54) is 24.3 Å². The molecule has 0 bridgehead atoms. The van der Waals surface area contributed by atoms with E-state index in [4.69, 9.17) is 5.73 Å². The molecule has 28 heavy (non-hydrogen) atoms. The lowest BCUT2D eigenvalue weighted by Crippen LogP contribution is -2.32. The molecule has 0 fully saturated rings. The van der Waals surface area contributed by atoms with Gasteiger partial charge >= 0.3 is 6.36 Å². The van der Waals surface area contributed by atoms with Crippen molar-refractivity contribution in [3.63, 3.8) is 0 Å². The highest BCUT2D eigenvalue weighted by atomic mass is 19.4. The third-order valence-electron chi connectivity index (χ3n) is 3.67. The summed E-state index contributed by atoms with van der Waals surface area (Å²) in [6, 6.07) is 15.0. The molecule has 10 heteroatoms. The second-order valence-corrected chi connectivity index (χ2v) is 5.70. The van der Waals surface area contributed by atoms with Gasteiger partial charge in [0.2, 0.25) is 0 Å². The molecule has 146 valence electrons. The number of nitrogens with one attached hydrogen (secondary N) is 1. The van der Waals surface area contributed by atoms with Crippen molar-refractivity contribution in [3.05, 3.63) is 72.3 Å². The average molecular weight is 390 g/mol. The van der Waals surface area contributed by atoms with E-state index < -0.39 is 6.36 Å². The predicted molar refractivity (Wildman–Crippen MR) is 96.7 cm³/mol. The van der Waals surface area contributed by atoms with Gasteiger partial charge in [-0.15, -0.1) is 23.4 Å². The Bertz CT molecular complexity index is 922. The summed E-state index contributed by atoms with van der Waals surface area (Å²) in [6.07, 6.45) is -3.11. The van der Waals surface area contributed by atoms with Gasteiger partial charge in [0.25, 0.3) is 0 Å². The molecule has 0 saturated heterocycles. The van der Waals surface area contributed by atoms with Gasteiger partial charge in [-0.1, -0.05) is 30.3 Å². The van der Waals surface area contributed by atoms with Gasteiger partial charge in [-0.2, -0.15) is 0 Å². The Kier molecular flexibility index (Phi) is 5.78. The minimum atomic E-state index is -4.71. The van der Waals surface area contributed by atoms with Crippen LogP contribution in [-0.2, 0) is 13.1 Å². The van der Waals surface area contributed by atoms with Crippen molar-refractivity contribution in [2.75, 3.05) is 0 Å². The summed E-state index contributed by atoms with van der Waals surface area (Å²) in [7, 11) is 0. The van der Waals surface area contributed by atoms with Crippen molar-refractivity contribution < 1.29 is 17.9 Å². The second-order valence-electron chi connectivity index (χ2n) is 5.70. The molecular weight excluding hydrogens is 373 g/mol. The van der Waals surface area contributed by atoms with Crippen molar-refractivity contribution in [2.45, 2.75) is 19.5 Å². The zero-order valence-electron chi connectivity index (χ0n) is 14.6. The number of aromatic nitrogens is 3. The Hall–Kier alpha value is -3.56. The van der Waals surface area contributed by atoms with Crippen LogP contribution in [0.15, 0.2) is 65.9 Å². The molecule has 0 amide bonds. The van der Waals surface area contributed by atoms with Crippen molar-refractivity contribution in [3.8, 4) is 11.4 Å². The largest absolute Gasteiger partial charge is 0.573 e. The summed E-state index contributed by atoms with van der Waals surface area (Å²) in [5.74, 6) is 0.544. The summed E-state index contributed by atoms with van der Waals surface area (Å²) in [4.78, 5) is 4.16. The minimum absolute atomic E-state index is 0.179. The van der Waals surface area contributed by atoms with E-state index in [1.54, 1.807) is 6.33 Å². The van der Waals surface area contributed by atoms with Crippen LogP contribution in [0.5, 0.6) is 5.75 Å². The predicted octanol–water partition coefficient (Wildman–Crippen LogP) is 2.77. The molecule has 3 N–H and O–H groups in total. The lowest BCUT2D eigenvalue weighted by atomic mass is 10.2. The van der Waals surface area contributed by atoms with Gasteiger partial charge in [0.05, 0.1) is 13.1 Å². The van der Waals surface area contributed by atoms with Crippen LogP contribution in [0.1, 0.15) is 11.4 Å². The number of ether oxygens (including phenoxy) is 1. The first-order chi connectivity index (χ1) is 13.4. The van der Waals surface area contributed by atoms with Gasteiger partial charge in [-0.25, -0.2) is 4.99 Å². The van der Waals surface area contributed by atoms with Crippen LogP contribution < -0.4 is 15.8 Å². The summed E-state index contributed by atoms with van der Waals surface area (Å²) in [6.45, 7) is 0.513. The third-order valence-corrected chi connectivity index (χ3v) is 3.67. The zero-order chi connectivity index (χ0) is 20.0. The molecule has 0 spiro atoms. The van der Waals surface area contributed by atoms with Crippen LogP contribution in [0.2, 0.25) is 0 Å². The molecule has 0 aliphatic rings. The minimum Gasteiger partial charge on any atom is -0.406 e. The first kappa shape index (κ1) is 19.2. The van der Waals surface area contributed by atoms with E-state index in [9.17, 15) is 13.2 Å². The standard InChI is InChI=1S/C18H17F3N6O/c19-18(20,21)28-15-8-6-13(7-9-15)10-23-17(22)24-11-16-26-25-12-27(16)14-4-2-1-3-5-14/h1-9,12H,10-11H2,(H3,22,23,24). The third kappa shape index (κ3) is 5.47. The topological polar surface area (TPSA) is 90.3 Å². The first-order valence-corrected chi connectivity index (χ1v) is 8.23. The maximum Gasteiger partial charge on any atom is 0.573 e. The van der Waals surface area contributed by atoms with Crippen LogP contribution in [-0.4, -0.2) is 27.1 Å². The summed E-state index contributed by atoms with van der Waals surface area (Å²) in [5, 5.41) is 10.9. The number of hydrogen-bond acceptors (Lipinski definition) is 4. The van der Waals surface area contributed by atoms with E-state index in [2.05, 4.69) is 25.2 Å². The number of rotatable bonds is 6. The number of nitrogens with two attached hydrogens (primary N) is 1. The number of hydrogen-bond donors (Lipinski definition) is 2. The Morgan fingerprint density at radius 3 is 2.50 bits per heavy atom. The number of alkyl halides is 3. The molecule has 0 radical (unpaired) electrons. The Balaban J connectivity index is 1.55. The maximum absolute atomic E-state index is 12.2. The quantitative estimate of drug-likeness (QED) is 0.499. The molecule has 0 atom stereocenters. The lowest BCUT2D eigenvalue weighted by molar-refractivity contribution is -0.274. The van der Waals surface area contributed by atoms with Gasteiger partial charge in [0, 0.05) is 5.69 Å². The van der Waals surface area contributed by atoms with Gasteiger partial charge in [0.1, 0.15) is 12.1 Å². The molecule has 0 aliphatic carbocycles. The second kappa shape index (κ2) is 8.42. The molecular formula is C18H17F3N6O. The van der Waals surface area contributed by atoms with E-state index in [0.29, 0.717) is 17.9 Å². The number of para-hydroxylation sites is 1. The van der Waals surface area contributed by atoms with Crippen LogP contribution in [0.25, 0.3) is 5.69 Å². The van der Waals surface area contributed by atoms with E-state index in [-0.39, 0.29) is 18.3 Å². The zero-order valence-corrected chi connectivity index (χ0v) is 14.6. The highest BCUT2D eigenvalue weighted by Crippen LogP contribution is 2.22. The molecule has 7 nitrogen and oxygen atoms in total. The number of guanidine groups is 1. The van der Waals surface area contributed by atoms with E-state index in [1.807, 2.05) is 34.9 Å². The van der Waals surface area contributed by atoms with Crippen molar-refractivity contribution in [2.24, 2.45) is 10.7 Å². The van der Waals surface area contributed by atoms with Crippen LogP contribution in [0.4, 0.5) is 13.2 Å². The van der Waals surface area contributed by atoms with E-state index >= 15 is 0 Å². The van der Waals surface area contributed by atoms with Crippen LogP contribution in [0.3, 0.4) is 0 Å². The van der Waals surface area contributed by atoms with Crippen molar-refractivity contribution in [1.29, 1.82) is 0 Å². The molecule has 0 saturated carbocycles. The Labute approximate surface area is 158 Å². The molecule has 0 unspecified atom stereocenters. The van der Waals surface area contributed by atoms with Gasteiger partial charge < -0.3 is 15.8 Å². The van der Waals surface area contributed by atoms with Crippen molar-refractivity contribution >= 4 is 5.96 Å². The van der Waals surface area contributed by atoms with Gasteiger partial charge in [-0.05, 0) is 29.8 Å². The number of aliphatic imine (C=N–C) groups is 1. The monoisotopic (exact) mass is 390 g/mol. The summed E-state index contributed by atoms with van der Waals surface area (Å²) < 4.78 is 42.1. The molecule has 1 heterocycles. The summed E-state index contributed by atoms with van der Waals surface area (Å²) >= 11 is 0. The SMILES string of the molecule is NC(=NCc1ccc(OC(F)(F)F)cc1)NCc1nncn1-c1ccccc1. The van der Waals surface area contributed by atoms with Gasteiger partial charge in [-0.3, -0.25) is 4.57 Å². The molecule has 2 aromatic carbocycles. The average Bonchev–Trinajstić information content (AvgIpc) is 3.14. The Morgan fingerprint density at radius 1 is 1.11 bits per heavy atom. The highest BCUT2D eigenvalue weighted by Gasteiger charge is 2.30. The number of nitrogens with zero attached hydrogens (tertiary/aromatic N) is 4. The fraction of sp³-hybridized carbons (Fsp3) is 0.167. The fourth-order valence-corrected chi connectivity index (χ4v) is 2.38. The fourth-order valence-electron chi connectivity index (χ4n) is 2.38. The number of halogens is 3. The molecule has 3 rings (SSSR count). The number of benzene rings is 2. The Morgan fingerprint density at radius 2 is 1.82 bits per heavy atom. The molecule has 1 aromatic heterocycles. The first-order valence-electron chi connectivity index (χ1n) is 8.23. The van der Waals surface area contributed by atoms with Crippen LogP contribution >= 0.6 is 0 Å². The summed E-state index contributed by atoms with van der Waals surface area (Å²) in [5.41, 5.74) is 7.45. The van der Waals surface area contributed by atoms with Gasteiger partial charge in [0.15, 0.2) is 11.8 Å². The smallest absolute Gasteiger partial charge is 0.406 e. The molecule has 0 aliphatic heterocycles. The lowest BCUT2D eigenvalue weighted by Gasteiger charge is -2.09. The highest BCUT2D eigenvalue weighted by molar-refractivity contribution is 5.77. The molecule has 3 aromatic rings.